The molecule has 1 aromatic rings. The number of anilines is 1. The number of rotatable bonds is 8. The van der Waals surface area contributed by atoms with Gasteiger partial charge in [-0.1, -0.05) is 45.3 Å². The maximum absolute atomic E-state index is 13.2. The summed E-state index contributed by atoms with van der Waals surface area (Å²) < 4.78 is 0. The van der Waals surface area contributed by atoms with Gasteiger partial charge in [0.15, 0.2) is 0 Å². The van der Waals surface area contributed by atoms with Gasteiger partial charge in [-0.2, -0.15) is 0 Å². The second kappa shape index (κ2) is 10.1. The lowest BCUT2D eigenvalue weighted by molar-refractivity contribution is -0.128. The van der Waals surface area contributed by atoms with Crippen LogP contribution in [0.2, 0.25) is 0 Å². The zero-order chi connectivity index (χ0) is 20.7. The van der Waals surface area contributed by atoms with Gasteiger partial charge < -0.3 is 10.0 Å². The van der Waals surface area contributed by atoms with Gasteiger partial charge in [-0.15, -0.1) is 0 Å². The highest BCUT2D eigenvalue weighted by molar-refractivity contribution is 5.97. The van der Waals surface area contributed by atoms with Gasteiger partial charge in [0.05, 0.1) is 16.8 Å². The summed E-state index contributed by atoms with van der Waals surface area (Å²) in [5.74, 6) is 5.30. The number of hydrogen-bond acceptors (Lipinski definition) is 4. The summed E-state index contributed by atoms with van der Waals surface area (Å²) in [4.78, 5) is 26.1. The van der Waals surface area contributed by atoms with E-state index in [1.165, 1.54) is 23.6 Å². The van der Waals surface area contributed by atoms with Crippen LogP contribution >= 0.6 is 0 Å². The van der Waals surface area contributed by atoms with E-state index in [0.29, 0.717) is 23.4 Å². The molecule has 1 saturated carbocycles. The topological polar surface area (TPSA) is 86.9 Å². The van der Waals surface area contributed by atoms with Crippen LogP contribution in [0.4, 0.5) is 5.69 Å². The molecule has 0 unspecified atom stereocenters. The Labute approximate surface area is 167 Å². The highest BCUT2D eigenvalue weighted by Gasteiger charge is 2.26. The Bertz CT molecular complexity index is 734. The van der Waals surface area contributed by atoms with E-state index >= 15 is 0 Å². The third-order valence-corrected chi connectivity index (χ3v) is 5.36. The summed E-state index contributed by atoms with van der Waals surface area (Å²) in [6, 6.07) is 6.56. The molecular formula is C22H31N3O3. The van der Waals surface area contributed by atoms with Gasteiger partial charge >= 0.3 is 5.97 Å². The first-order valence-corrected chi connectivity index (χ1v) is 9.91. The van der Waals surface area contributed by atoms with Gasteiger partial charge in [0.25, 0.3) is 5.91 Å². The smallest absolute Gasteiger partial charge is 0.335 e. The van der Waals surface area contributed by atoms with Gasteiger partial charge in [-0.3, -0.25) is 9.80 Å². The maximum atomic E-state index is 13.2. The summed E-state index contributed by atoms with van der Waals surface area (Å²) in [7, 11) is 1.86. The first-order chi connectivity index (χ1) is 13.4. The number of allylic oxidation sites excluding steroid dienone is 1. The van der Waals surface area contributed by atoms with E-state index in [4.69, 9.17) is 10.9 Å². The fourth-order valence-electron chi connectivity index (χ4n) is 3.69. The quantitative estimate of drug-likeness (QED) is 0.304. The van der Waals surface area contributed by atoms with Crippen molar-refractivity contribution in [2.45, 2.75) is 57.9 Å². The van der Waals surface area contributed by atoms with Crippen molar-refractivity contribution in [1.82, 2.24) is 4.90 Å². The van der Waals surface area contributed by atoms with Crippen LogP contribution in [0, 0.1) is 0 Å². The van der Waals surface area contributed by atoms with Crippen LogP contribution in [0.3, 0.4) is 0 Å². The van der Waals surface area contributed by atoms with E-state index in [2.05, 4.69) is 6.58 Å². The monoisotopic (exact) mass is 385 g/mol. The maximum Gasteiger partial charge on any atom is 0.335 e. The third kappa shape index (κ3) is 5.01. The number of carbonyl (C=O) groups excluding carboxylic acids is 1. The van der Waals surface area contributed by atoms with Crippen molar-refractivity contribution in [3.63, 3.8) is 0 Å². The lowest BCUT2D eigenvalue weighted by Crippen LogP contribution is -2.41. The summed E-state index contributed by atoms with van der Waals surface area (Å²) in [5, 5.41) is 10.5. The van der Waals surface area contributed by atoms with E-state index in [1.54, 1.807) is 18.2 Å². The second-order valence-electron chi connectivity index (χ2n) is 7.24. The molecule has 6 nitrogen and oxygen atoms in total. The Balaban J connectivity index is 2.34. The summed E-state index contributed by atoms with van der Waals surface area (Å²) in [5.41, 5.74) is 2.00. The van der Waals surface area contributed by atoms with E-state index < -0.39 is 5.97 Å². The van der Waals surface area contributed by atoms with Crippen molar-refractivity contribution in [2.75, 3.05) is 12.1 Å². The van der Waals surface area contributed by atoms with Crippen molar-refractivity contribution in [1.29, 1.82) is 0 Å². The molecule has 3 N–H and O–H groups in total. The minimum absolute atomic E-state index is 0.0667. The fraction of sp³-hybridized carbons (Fsp3) is 0.455. The standard InChI is InChI=1S/C22H31N3O3/c1-4-9-20(25(23)18-14-12-16(13-15-18)22(27)28)19(5-2)21(26)24(3)17-10-7-6-8-11-17/h5,12-15,17H,2,4,6-11,23H2,1,3H3,(H,27,28)/b20-19+. The molecule has 1 aliphatic carbocycles. The summed E-state index contributed by atoms with van der Waals surface area (Å²) in [6.07, 6.45) is 8.59. The first-order valence-electron chi connectivity index (χ1n) is 9.91. The lowest BCUT2D eigenvalue weighted by Gasteiger charge is -2.33. The molecule has 28 heavy (non-hydrogen) atoms. The van der Waals surface area contributed by atoms with Crippen LogP contribution in [-0.2, 0) is 4.79 Å². The molecule has 152 valence electrons. The van der Waals surface area contributed by atoms with Gasteiger partial charge in [0, 0.05) is 18.8 Å². The number of carboxylic acids is 1. The molecule has 0 aromatic heterocycles. The lowest BCUT2D eigenvalue weighted by atomic mass is 9.94. The Morgan fingerprint density at radius 3 is 2.32 bits per heavy atom. The number of amides is 1. The Morgan fingerprint density at radius 2 is 1.82 bits per heavy atom. The third-order valence-electron chi connectivity index (χ3n) is 5.36. The Hall–Kier alpha value is -2.60. The Morgan fingerprint density at radius 1 is 1.21 bits per heavy atom. The van der Waals surface area contributed by atoms with Crippen molar-refractivity contribution >= 4 is 17.6 Å². The molecule has 1 amide bonds. The highest BCUT2D eigenvalue weighted by atomic mass is 16.4. The van der Waals surface area contributed by atoms with E-state index in [9.17, 15) is 9.59 Å². The van der Waals surface area contributed by atoms with Crippen molar-refractivity contribution < 1.29 is 14.7 Å². The van der Waals surface area contributed by atoms with E-state index in [0.717, 1.165) is 32.1 Å². The van der Waals surface area contributed by atoms with Gasteiger partial charge in [0.2, 0.25) is 0 Å². The van der Waals surface area contributed by atoms with Crippen LogP contribution in [0.5, 0.6) is 0 Å². The van der Waals surface area contributed by atoms with Gasteiger partial charge in [-0.05, 0) is 43.5 Å². The molecule has 0 aliphatic heterocycles. The van der Waals surface area contributed by atoms with Crippen LogP contribution < -0.4 is 10.9 Å². The number of nitrogens with zero attached hydrogens (tertiary/aromatic N) is 2. The predicted octanol–water partition coefficient (Wildman–Crippen LogP) is 4.10. The van der Waals surface area contributed by atoms with Gasteiger partial charge in [0.1, 0.15) is 0 Å². The number of carboxylic acid groups (broad SMARTS) is 1. The fourth-order valence-corrected chi connectivity index (χ4v) is 3.69. The molecule has 2 rings (SSSR count). The summed E-state index contributed by atoms with van der Waals surface area (Å²) >= 11 is 0. The molecule has 0 saturated heterocycles. The average molecular weight is 386 g/mol. The van der Waals surface area contributed by atoms with Crippen molar-refractivity contribution in [2.24, 2.45) is 5.84 Å². The van der Waals surface area contributed by atoms with Crippen molar-refractivity contribution in [3.8, 4) is 0 Å². The number of carbonyl (C=O) groups is 2. The Kier molecular flexibility index (Phi) is 7.81. The number of hydrogen-bond donors (Lipinski definition) is 2. The van der Waals surface area contributed by atoms with Crippen LogP contribution in [0.25, 0.3) is 0 Å². The number of aromatic carboxylic acids is 1. The molecule has 0 atom stereocenters. The molecule has 0 radical (unpaired) electrons. The largest absolute Gasteiger partial charge is 0.478 e. The molecule has 1 aliphatic rings. The normalized spacial score (nSPS) is 15.5. The van der Waals surface area contributed by atoms with E-state index in [-0.39, 0.29) is 17.5 Å². The van der Waals surface area contributed by atoms with Crippen LogP contribution in [0.1, 0.15) is 62.2 Å². The molecule has 1 fully saturated rings. The second-order valence-corrected chi connectivity index (χ2v) is 7.24. The van der Waals surface area contributed by atoms with Crippen LogP contribution in [0.15, 0.2) is 48.2 Å². The highest BCUT2D eigenvalue weighted by Crippen LogP contribution is 2.27. The SMILES string of the molecule is C=C/C(C(=O)N(C)C1CCCCC1)=C(/CCC)N(N)c1ccc(C(=O)O)cc1. The number of benzene rings is 1. The minimum Gasteiger partial charge on any atom is -0.478 e. The number of nitrogens with two attached hydrogens (primary N) is 1. The molecule has 0 heterocycles. The molecule has 6 heteroatoms. The van der Waals surface area contributed by atoms with Crippen LogP contribution in [-0.4, -0.2) is 35.0 Å². The molecule has 0 bridgehead atoms. The predicted molar refractivity (Wildman–Crippen MR) is 112 cm³/mol. The van der Waals surface area contributed by atoms with Gasteiger partial charge in [-0.25, -0.2) is 10.6 Å². The molecule has 1 aromatic carbocycles. The van der Waals surface area contributed by atoms with Crippen molar-refractivity contribution in [3.05, 3.63) is 53.8 Å². The van der Waals surface area contributed by atoms with E-state index in [1.807, 2.05) is 18.9 Å². The molecular weight excluding hydrogens is 354 g/mol. The number of likely N-dealkylation sites (N-methyl/N-ethyl adjacent to an activating group) is 1. The average Bonchev–Trinajstić information content (AvgIpc) is 2.73. The zero-order valence-corrected chi connectivity index (χ0v) is 16.9. The summed E-state index contributed by atoms with van der Waals surface area (Å²) in [6.45, 7) is 5.89. The minimum atomic E-state index is -0.990. The molecule has 0 spiro atoms. The zero-order valence-electron chi connectivity index (χ0n) is 16.9. The number of hydrazine groups is 1. The first kappa shape index (κ1) is 21.7.